The number of ketones is 1. The van der Waals surface area contributed by atoms with Crippen LogP contribution in [0, 0.1) is 0 Å². The Morgan fingerprint density at radius 3 is 2.36 bits per heavy atom. The quantitative estimate of drug-likeness (QED) is 0.423. The molecule has 0 fully saturated rings. The maximum absolute atomic E-state index is 12.8. The molecular weight excluding hydrogens is 414 g/mol. The van der Waals surface area contributed by atoms with Crippen LogP contribution in [0.15, 0.2) is 53.0 Å². The summed E-state index contributed by atoms with van der Waals surface area (Å²) in [6.45, 7) is 2.69. The van der Waals surface area contributed by atoms with Crippen LogP contribution < -0.4 is 4.90 Å². The summed E-state index contributed by atoms with van der Waals surface area (Å²) in [5, 5.41) is 0. The minimum atomic E-state index is 0.00298. The highest BCUT2D eigenvalue weighted by molar-refractivity contribution is 9.10. The van der Waals surface area contributed by atoms with Gasteiger partial charge in [-0.25, -0.2) is 0 Å². The third-order valence-corrected chi connectivity index (χ3v) is 4.90. The molecule has 0 radical (unpaired) electrons. The molecule has 150 valence electrons. The molecule has 0 aliphatic rings. The van der Waals surface area contributed by atoms with E-state index < -0.39 is 0 Å². The van der Waals surface area contributed by atoms with Crippen molar-refractivity contribution in [3.8, 4) is 0 Å². The maximum atomic E-state index is 12.8. The molecule has 0 saturated heterocycles. The fourth-order valence-corrected chi connectivity index (χ4v) is 3.34. The van der Waals surface area contributed by atoms with Gasteiger partial charge in [-0.3, -0.25) is 4.79 Å². The number of halogens is 1. The number of rotatable bonds is 9. The molecule has 0 aliphatic carbocycles. The van der Waals surface area contributed by atoms with E-state index in [4.69, 9.17) is 0 Å². The molecule has 4 nitrogen and oxygen atoms in total. The van der Waals surface area contributed by atoms with Crippen molar-refractivity contribution in [3.05, 3.63) is 69.7 Å². The van der Waals surface area contributed by atoms with Crippen LogP contribution in [0.1, 0.15) is 21.5 Å². The lowest BCUT2D eigenvalue weighted by Gasteiger charge is -2.22. The van der Waals surface area contributed by atoms with Crippen molar-refractivity contribution in [2.75, 3.05) is 53.2 Å². The van der Waals surface area contributed by atoms with Gasteiger partial charge in [-0.2, -0.15) is 0 Å². The average molecular weight is 444 g/mol. The van der Waals surface area contributed by atoms with Gasteiger partial charge >= 0.3 is 0 Å². The molecule has 0 saturated carbocycles. The third kappa shape index (κ3) is 6.89. The zero-order chi connectivity index (χ0) is 20.7. The summed E-state index contributed by atoms with van der Waals surface area (Å²) < 4.78 is 0.909. The van der Waals surface area contributed by atoms with Crippen LogP contribution in [-0.2, 0) is 6.54 Å². The Labute approximate surface area is 177 Å². The van der Waals surface area contributed by atoms with Gasteiger partial charge in [0.05, 0.1) is 0 Å². The number of anilines is 1. The molecule has 2 rings (SSSR count). The minimum absolute atomic E-state index is 0.00298. The Morgan fingerprint density at radius 1 is 0.964 bits per heavy atom. The Bertz CT molecular complexity index is 830. The maximum Gasteiger partial charge on any atom is 0.185 e. The normalized spacial score (nSPS) is 11.6. The smallest absolute Gasteiger partial charge is 0.185 e. The van der Waals surface area contributed by atoms with Crippen LogP contribution in [0.2, 0.25) is 0 Å². The van der Waals surface area contributed by atoms with Gasteiger partial charge in [-0.15, -0.1) is 0 Å². The van der Waals surface area contributed by atoms with Gasteiger partial charge in [0, 0.05) is 42.4 Å². The van der Waals surface area contributed by atoms with Crippen LogP contribution in [0.4, 0.5) is 5.69 Å². The summed E-state index contributed by atoms with van der Waals surface area (Å²) >= 11 is 3.55. The Kier molecular flexibility index (Phi) is 8.42. The molecule has 2 aromatic carbocycles. The average Bonchev–Trinajstić information content (AvgIpc) is 2.64. The van der Waals surface area contributed by atoms with Gasteiger partial charge in [-0.1, -0.05) is 46.3 Å². The van der Waals surface area contributed by atoms with E-state index in [0.29, 0.717) is 5.56 Å². The molecule has 0 spiro atoms. The predicted octanol–water partition coefficient (Wildman–Crippen LogP) is 4.40. The molecule has 0 aromatic heterocycles. The van der Waals surface area contributed by atoms with Gasteiger partial charge in [0.1, 0.15) is 0 Å². The fourth-order valence-electron chi connectivity index (χ4n) is 2.86. The van der Waals surface area contributed by atoms with Crippen molar-refractivity contribution >= 4 is 33.5 Å². The molecule has 0 unspecified atom stereocenters. The number of carbonyl (C=O) groups excluding carboxylic acids is 1. The van der Waals surface area contributed by atoms with Gasteiger partial charge in [-0.05, 0) is 63.6 Å². The second-order valence-electron chi connectivity index (χ2n) is 7.56. The number of allylic oxidation sites excluding steroid dienone is 1. The minimum Gasteiger partial charge on any atom is -0.373 e. The van der Waals surface area contributed by atoms with Crippen molar-refractivity contribution in [1.82, 2.24) is 9.80 Å². The van der Waals surface area contributed by atoms with E-state index in [1.54, 1.807) is 6.08 Å². The van der Waals surface area contributed by atoms with Crippen LogP contribution in [-0.4, -0.2) is 63.9 Å². The summed E-state index contributed by atoms with van der Waals surface area (Å²) in [5.41, 5.74) is 3.99. The molecule has 28 heavy (non-hydrogen) atoms. The molecule has 0 amide bonds. The lowest BCUT2D eigenvalue weighted by atomic mass is 10.0. The van der Waals surface area contributed by atoms with E-state index in [9.17, 15) is 4.79 Å². The van der Waals surface area contributed by atoms with Crippen LogP contribution in [0.3, 0.4) is 0 Å². The number of nitrogens with zero attached hydrogens (tertiary/aromatic N) is 3. The highest BCUT2D eigenvalue weighted by Gasteiger charge is 2.09. The molecule has 5 heteroatoms. The van der Waals surface area contributed by atoms with Gasteiger partial charge in [0.15, 0.2) is 5.78 Å². The van der Waals surface area contributed by atoms with Crippen molar-refractivity contribution in [1.29, 1.82) is 0 Å². The van der Waals surface area contributed by atoms with E-state index in [-0.39, 0.29) is 5.78 Å². The monoisotopic (exact) mass is 443 g/mol. The predicted molar refractivity (Wildman–Crippen MR) is 123 cm³/mol. The highest BCUT2D eigenvalue weighted by Crippen LogP contribution is 2.23. The number of benzene rings is 2. The Balaban J connectivity index is 2.19. The Hall–Kier alpha value is -1.95. The SMILES string of the molecule is CN(C)CCN(C)c1cc(Br)cc(C(=O)/C=C/c2ccccc2CN(C)C)c1. The summed E-state index contributed by atoms with van der Waals surface area (Å²) in [7, 11) is 10.3. The molecule has 0 aliphatic heterocycles. The summed E-state index contributed by atoms with van der Waals surface area (Å²) in [6, 6.07) is 14.1. The second kappa shape index (κ2) is 10.6. The summed E-state index contributed by atoms with van der Waals surface area (Å²) in [4.78, 5) is 19.2. The zero-order valence-electron chi connectivity index (χ0n) is 17.4. The van der Waals surface area contributed by atoms with E-state index in [0.717, 1.165) is 35.4 Å². The van der Waals surface area contributed by atoms with E-state index in [2.05, 4.69) is 50.8 Å². The van der Waals surface area contributed by atoms with Crippen LogP contribution in [0.25, 0.3) is 6.08 Å². The highest BCUT2D eigenvalue weighted by atomic mass is 79.9. The molecule has 0 heterocycles. The molecule has 0 atom stereocenters. The van der Waals surface area contributed by atoms with Crippen molar-refractivity contribution in [2.45, 2.75) is 6.54 Å². The first-order chi connectivity index (χ1) is 13.3. The fraction of sp³-hybridized carbons (Fsp3) is 0.348. The Morgan fingerprint density at radius 2 is 1.68 bits per heavy atom. The van der Waals surface area contributed by atoms with Gasteiger partial charge in [0.2, 0.25) is 0 Å². The topological polar surface area (TPSA) is 26.8 Å². The largest absolute Gasteiger partial charge is 0.373 e. The first kappa shape index (κ1) is 22.3. The van der Waals surface area contributed by atoms with Crippen LogP contribution >= 0.6 is 15.9 Å². The second-order valence-corrected chi connectivity index (χ2v) is 8.47. The lowest BCUT2D eigenvalue weighted by Crippen LogP contribution is -2.28. The van der Waals surface area contributed by atoms with E-state index >= 15 is 0 Å². The van der Waals surface area contributed by atoms with Crippen LogP contribution in [0.5, 0.6) is 0 Å². The number of hydrogen-bond donors (Lipinski definition) is 0. The molecule has 2 aromatic rings. The first-order valence-electron chi connectivity index (χ1n) is 9.38. The number of likely N-dealkylation sites (N-methyl/N-ethyl adjacent to an activating group) is 2. The van der Waals surface area contributed by atoms with Crippen molar-refractivity contribution in [2.24, 2.45) is 0 Å². The number of carbonyl (C=O) groups is 1. The van der Waals surface area contributed by atoms with E-state index in [1.807, 2.05) is 63.6 Å². The van der Waals surface area contributed by atoms with Crippen molar-refractivity contribution in [3.63, 3.8) is 0 Å². The third-order valence-electron chi connectivity index (χ3n) is 4.45. The summed E-state index contributed by atoms with van der Waals surface area (Å²) in [6.07, 6.45) is 3.58. The molecular formula is C23H30BrN3O. The lowest BCUT2D eigenvalue weighted by molar-refractivity contribution is 0.104. The zero-order valence-corrected chi connectivity index (χ0v) is 19.0. The standard InChI is InChI=1S/C23H30BrN3O/c1-25(2)12-13-27(5)22-15-20(14-21(24)16-22)23(28)11-10-18-8-6-7-9-19(18)17-26(3)4/h6-11,14-16H,12-13,17H2,1-5H3/b11-10+. The molecule has 0 N–H and O–H groups in total. The van der Waals surface area contributed by atoms with E-state index in [1.165, 1.54) is 5.56 Å². The first-order valence-corrected chi connectivity index (χ1v) is 10.2. The van der Waals surface area contributed by atoms with Gasteiger partial charge in [0.25, 0.3) is 0 Å². The van der Waals surface area contributed by atoms with Gasteiger partial charge < -0.3 is 14.7 Å². The van der Waals surface area contributed by atoms with Crippen molar-refractivity contribution < 1.29 is 4.79 Å². The summed E-state index contributed by atoms with van der Waals surface area (Å²) in [5.74, 6) is 0.00298. The molecule has 0 bridgehead atoms. The number of hydrogen-bond acceptors (Lipinski definition) is 4.